The van der Waals surface area contributed by atoms with Gasteiger partial charge in [-0.15, -0.1) is 11.3 Å². The number of thiophene rings is 1. The molecule has 0 aliphatic rings. The van der Waals surface area contributed by atoms with Crippen LogP contribution in [0.5, 0.6) is 0 Å². The van der Waals surface area contributed by atoms with Crippen LogP contribution in [0.2, 0.25) is 0 Å². The molecule has 298 valence electrons. The van der Waals surface area contributed by atoms with Gasteiger partial charge >= 0.3 is 0 Å². The molecule has 0 radical (unpaired) electrons. The summed E-state index contributed by atoms with van der Waals surface area (Å²) in [6.45, 7) is 0. The summed E-state index contributed by atoms with van der Waals surface area (Å²) < 4.78 is 9.98. The maximum atomic E-state index is 2.43. The molecule has 14 aromatic rings. The SMILES string of the molecule is c1ccc2c(c1)sc1c2ccc2c1c1ccccc1n2-c1ccc(-c2ccc(-c3cc(-n4c5ccccc5c5ccccc54)cc(-n4c5ccccc5c5ccccc54)c3)cc2)cc1. The van der Waals surface area contributed by atoms with Gasteiger partial charge in [-0.1, -0.05) is 152 Å². The van der Waals surface area contributed by atoms with Crippen LogP contribution in [-0.4, -0.2) is 13.7 Å². The van der Waals surface area contributed by atoms with Crippen molar-refractivity contribution in [2.24, 2.45) is 0 Å². The van der Waals surface area contributed by atoms with Gasteiger partial charge in [0.05, 0.1) is 33.1 Å². The van der Waals surface area contributed by atoms with Crippen LogP contribution in [0, 0.1) is 0 Å². The van der Waals surface area contributed by atoms with Gasteiger partial charge in [0, 0.05) is 69.6 Å². The third kappa shape index (κ3) is 5.15. The lowest BCUT2D eigenvalue weighted by atomic mass is 9.99. The van der Waals surface area contributed by atoms with Gasteiger partial charge in [-0.2, -0.15) is 0 Å². The fourth-order valence-electron chi connectivity index (χ4n) is 10.6. The Morgan fingerprint density at radius 1 is 0.250 bits per heavy atom. The van der Waals surface area contributed by atoms with Gasteiger partial charge in [0.1, 0.15) is 0 Å². The first-order chi connectivity index (χ1) is 31.7. The van der Waals surface area contributed by atoms with E-state index in [9.17, 15) is 0 Å². The number of hydrogen-bond acceptors (Lipinski definition) is 1. The highest BCUT2D eigenvalue weighted by Gasteiger charge is 2.19. The molecule has 0 saturated heterocycles. The van der Waals surface area contributed by atoms with Gasteiger partial charge in [0.25, 0.3) is 0 Å². The maximum absolute atomic E-state index is 2.43. The number of aromatic nitrogens is 3. The molecular formula is C60H37N3S. The fourth-order valence-corrected chi connectivity index (χ4v) is 11.9. The van der Waals surface area contributed by atoms with Crippen LogP contribution in [0.1, 0.15) is 0 Å². The monoisotopic (exact) mass is 831 g/mol. The zero-order valence-electron chi connectivity index (χ0n) is 34.6. The van der Waals surface area contributed by atoms with Crippen LogP contribution in [0.25, 0.3) is 125 Å². The first-order valence-corrected chi connectivity index (χ1v) is 22.7. The molecule has 0 aliphatic heterocycles. The van der Waals surface area contributed by atoms with Crippen molar-refractivity contribution >= 4 is 96.9 Å². The molecule has 0 spiro atoms. The Morgan fingerprint density at radius 2 is 0.641 bits per heavy atom. The second-order valence-corrected chi connectivity index (χ2v) is 17.9. The van der Waals surface area contributed by atoms with E-state index < -0.39 is 0 Å². The summed E-state index contributed by atoms with van der Waals surface area (Å²) in [6.07, 6.45) is 0. The maximum Gasteiger partial charge on any atom is 0.0555 e. The molecule has 0 unspecified atom stereocenters. The van der Waals surface area contributed by atoms with E-state index in [2.05, 4.69) is 238 Å². The molecule has 0 N–H and O–H groups in total. The summed E-state index contributed by atoms with van der Waals surface area (Å²) in [5.74, 6) is 0. The molecule has 0 aliphatic carbocycles. The normalized spacial score (nSPS) is 12.1. The van der Waals surface area contributed by atoms with Gasteiger partial charge in [-0.25, -0.2) is 0 Å². The van der Waals surface area contributed by atoms with Gasteiger partial charge in [-0.05, 0) is 95.1 Å². The van der Waals surface area contributed by atoms with Crippen molar-refractivity contribution in [3.63, 3.8) is 0 Å². The lowest BCUT2D eigenvalue weighted by Gasteiger charge is -2.16. The average molecular weight is 832 g/mol. The van der Waals surface area contributed by atoms with Gasteiger partial charge in [0.2, 0.25) is 0 Å². The Kier molecular flexibility index (Phi) is 7.56. The van der Waals surface area contributed by atoms with E-state index in [1.54, 1.807) is 0 Å². The standard InChI is InChI=1S/C60H37N3S/c1-7-19-52-45(13-1)46-14-2-8-20-53(46)62(52)43-35-41(36-44(37-43)63-54-21-9-3-15-47(54)48-16-4-10-22-55(48)63)40-27-25-38(26-28-40)39-29-31-42(32-30-39)61-56-23-11-5-18-51(56)59-57(61)34-33-50-49-17-6-12-24-58(49)64-60(50)59/h1-37H. The molecule has 4 heteroatoms. The third-order valence-electron chi connectivity index (χ3n) is 13.4. The second-order valence-electron chi connectivity index (χ2n) is 16.9. The Labute approximate surface area is 372 Å². The molecule has 4 aromatic heterocycles. The number of para-hydroxylation sites is 5. The third-order valence-corrected chi connectivity index (χ3v) is 14.6. The van der Waals surface area contributed by atoms with E-state index in [1.807, 2.05) is 11.3 Å². The predicted molar refractivity (Wildman–Crippen MR) is 273 cm³/mol. The minimum absolute atomic E-state index is 1.13. The van der Waals surface area contributed by atoms with Gasteiger partial charge in [-0.3, -0.25) is 0 Å². The Hall–Kier alpha value is -8.18. The van der Waals surface area contributed by atoms with Gasteiger partial charge < -0.3 is 13.7 Å². The zero-order chi connectivity index (χ0) is 41.9. The molecule has 3 nitrogen and oxygen atoms in total. The highest BCUT2D eigenvalue weighted by molar-refractivity contribution is 7.26. The number of nitrogens with zero attached hydrogens (tertiary/aromatic N) is 3. The highest BCUT2D eigenvalue weighted by Crippen LogP contribution is 2.44. The number of rotatable bonds is 5. The minimum Gasteiger partial charge on any atom is -0.309 e. The number of hydrogen-bond donors (Lipinski definition) is 0. The first-order valence-electron chi connectivity index (χ1n) is 21.9. The summed E-state index contributed by atoms with van der Waals surface area (Å²) in [4.78, 5) is 0. The molecule has 0 bridgehead atoms. The van der Waals surface area contributed by atoms with E-state index in [0.717, 1.165) is 22.6 Å². The van der Waals surface area contributed by atoms with E-state index >= 15 is 0 Å². The van der Waals surface area contributed by atoms with Crippen molar-refractivity contribution < 1.29 is 0 Å². The van der Waals surface area contributed by atoms with Crippen LogP contribution in [-0.2, 0) is 0 Å². The van der Waals surface area contributed by atoms with Crippen molar-refractivity contribution in [3.8, 4) is 39.3 Å². The predicted octanol–water partition coefficient (Wildman–Crippen LogP) is 16.7. The molecule has 0 saturated carbocycles. The molecule has 0 amide bonds. The van der Waals surface area contributed by atoms with Crippen molar-refractivity contribution in [2.45, 2.75) is 0 Å². The minimum atomic E-state index is 1.13. The van der Waals surface area contributed by atoms with Crippen LogP contribution in [0.3, 0.4) is 0 Å². The second kappa shape index (κ2) is 13.7. The fraction of sp³-hybridized carbons (Fsp3) is 0. The summed E-state index contributed by atoms with van der Waals surface area (Å²) >= 11 is 1.90. The van der Waals surface area contributed by atoms with Crippen molar-refractivity contribution in [1.82, 2.24) is 13.7 Å². The number of fused-ring (bicyclic) bond motifs is 13. The Bertz CT molecular complexity index is 3940. The Balaban J connectivity index is 0.894. The molecule has 64 heavy (non-hydrogen) atoms. The largest absolute Gasteiger partial charge is 0.309 e. The van der Waals surface area contributed by atoms with E-state index in [4.69, 9.17) is 0 Å². The zero-order valence-corrected chi connectivity index (χ0v) is 35.4. The highest BCUT2D eigenvalue weighted by atomic mass is 32.1. The summed E-state index contributed by atoms with van der Waals surface area (Å²) in [5.41, 5.74) is 15.4. The topological polar surface area (TPSA) is 14.8 Å². The van der Waals surface area contributed by atoms with Crippen LogP contribution < -0.4 is 0 Å². The first kappa shape index (κ1) is 35.4. The Morgan fingerprint density at radius 3 is 1.16 bits per heavy atom. The van der Waals surface area contributed by atoms with E-state index in [-0.39, 0.29) is 0 Å². The van der Waals surface area contributed by atoms with Gasteiger partial charge in [0.15, 0.2) is 0 Å². The van der Waals surface area contributed by atoms with Crippen molar-refractivity contribution in [2.75, 3.05) is 0 Å². The van der Waals surface area contributed by atoms with Crippen LogP contribution in [0.15, 0.2) is 224 Å². The van der Waals surface area contributed by atoms with E-state index in [0.29, 0.717) is 0 Å². The summed E-state index contributed by atoms with van der Waals surface area (Å²) in [7, 11) is 0. The van der Waals surface area contributed by atoms with Crippen molar-refractivity contribution in [1.29, 1.82) is 0 Å². The van der Waals surface area contributed by atoms with Crippen LogP contribution >= 0.6 is 11.3 Å². The average Bonchev–Trinajstić information content (AvgIpc) is 4.10. The lowest BCUT2D eigenvalue weighted by molar-refractivity contribution is 1.13. The lowest BCUT2D eigenvalue weighted by Crippen LogP contribution is -2.00. The number of benzene rings is 10. The smallest absolute Gasteiger partial charge is 0.0555 e. The molecule has 10 aromatic carbocycles. The molecule has 0 fully saturated rings. The van der Waals surface area contributed by atoms with Crippen LogP contribution in [0.4, 0.5) is 0 Å². The van der Waals surface area contributed by atoms with Crippen molar-refractivity contribution in [3.05, 3.63) is 224 Å². The molecule has 4 heterocycles. The molecule has 0 atom stereocenters. The molecular weight excluding hydrogens is 795 g/mol. The quantitative estimate of drug-likeness (QED) is 0.164. The summed E-state index contributed by atoms with van der Waals surface area (Å²) in [6, 6.07) is 82.6. The molecule has 14 rings (SSSR count). The van der Waals surface area contributed by atoms with E-state index in [1.165, 1.54) is 102 Å². The summed E-state index contributed by atoms with van der Waals surface area (Å²) in [5, 5.41) is 10.3.